The second-order valence-corrected chi connectivity index (χ2v) is 2.70. The Morgan fingerprint density at radius 2 is 2.58 bits per heavy atom. The number of nitrogens with two attached hydrogens (primary N) is 1. The molecule has 7 heteroatoms. The number of nitrogens with zero attached hydrogens (tertiary/aromatic N) is 4. The van der Waals surface area contributed by atoms with E-state index in [-0.39, 0.29) is 12.6 Å². The highest BCUT2D eigenvalue weighted by molar-refractivity contribution is 7.21. The number of amides is 1. The first-order valence-electron chi connectivity index (χ1n) is 3.30. The average Bonchev–Trinajstić information content (AvgIpc) is 2.50. The molecule has 1 aromatic rings. The molecule has 0 aliphatic carbocycles. The van der Waals surface area contributed by atoms with E-state index in [1.54, 1.807) is 6.20 Å². The quantitative estimate of drug-likeness (QED) is 0.623. The maximum Gasteiger partial charge on any atom is 0.227 e. The van der Waals surface area contributed by atoms with Gasteiger partial charge in [-0.2, -0.15) is 0 Å². The predicted molar refractivity (Wildman–Crippen MR) is 47.1 cm³/mol. The van der Waals surface area contributed by atoms with E-state index in [4.69, 9.17) is 5.73 Å². The van der Waals surface area contributed by atoms with Gasteiger partial charge in [0.15, 0.2) is 5.82 Å². The molecule has 12 heavy (non-hydrogen) atoms. The van der Waals surface area contributed by atoms with Gasteiger partial charge in [0.2, 0.25) is 5.91 Å². The second-order valence-electron chi connectivity index (χ2n) is 2.19. The molecular formula is C5H10N5OP. The number of carbonyl (C=O) groups is 1. The molecule has 0 aliphatic heterocycles. The minimum atomic E-state index is -0.121. The van der Waals surface area contributed by atoms with Gasteiger partial charge in [0.05, 0.1) is 12.9 Å². The van der Waals surface area contributed by atoms with Crippen LogP contribution in [0, 0.1) is 0 Å². The van der Waals surface area contributed by atoms with Crippen LogP contribution < -0.4 is 10.4 Å². The van der Waals surface area contributed by atoms with E-state index in [2.05, 4.69) is 19.7 Å². The Morgan fingerprint density at radius 1 is 1.92 bits per heavy atom. The summed E-state index contributed by atoms with van der Waals surface area (Å²) in [4.78, 5) is 10.8. The van der Waals surface area contributed by atoms with Crippen LogP contribution in [0.1, 0.15) is 6.92 Å². The summed E-state index contributed by atoms with van der Waals surface area (Å²) in [6.45, 7) is 1.69. The Hall–Kier alpha value is -1.00. The van der Waals surface area contributed by atoms with Crippen molar-refractivity contribution in [2.24, 2.45) is 5.73 Å². The molecule has 66 valence electrons. The number of anilines is 1. The summed E-state index contributed by atoms with van der Waals surface area (Å²) in [5.41, 5.74) is 5.29. The van der Waals surface area contributed by atoms with Gasteiger partial charge in [-0.15, -0.1) is 5.10 Å². The largest absolute Gasteiger partial charge is 0.312 e. The monoisotopic (exact) mass is 187 g/mol. The summed E-state index contributed by atoms with van der Waals surface area (Å²) in [5, 5.41) is 7.40. The molecule has 1 rings (SSSR count). The lowest BCUT2D eigenvalue weighted by molar-refractivity contribution is -0.115. The molecule has 1 unspecified atom stereocenters. The van der Waals surface area contributed by atoms with Gasteiger partial charge < -0.3 is 5.73 Å². The van der Waals surface area contributed by atoms with Gasteiger partial charge in [0.1, 0.15) is 0 Å². The summed E-state index contributed by atoms with van der Waals surface area (Å²) < 4.78 is 2.76. The third-order valence-electron chi connectivity index (χ3n) is 1.30. The lowest BCUT2D eigenvalue weighted by Crippen LogP contribution is -2.15. The van der Waals surface area contributed by atoms with Crippen molar-refractivity contribution in [3.05, 3.63) is 6.20 Å². The first kappa shape index (κ1) is 9.09. The molecule has 0 saturated carbocycles. The van der Waals surface area contributed by atoms with Crippen LogP contribution in [0.25, 0.3) is 0 Å². The standard InChI is InChI=1S/C5H10N5OP/c1-4(11)10(12)5-2-9(3-6)8-7-5/h2H,3,6,12H2,1H3. The molecule has 0 bridgehead atoms. The van der Waals surface area contributed by atoms with Gasteiger partial charge in [-0.3, -0.25) is 9.46 Å². The van der Waals surface area contributed by atoms with E-state index in [1.807, 2.05) is 0 Å². The van der Waals surface area contributed by atoms with Crippen LogP contribution in [0.4, 0.5) is 5.82 Å². The van der Waals surface area contributed by atoms with Crippen molar-refractivity contribution >= 4 is 21.1 Å². The maximum absolute atomic E-state index is 10.8. The predicted octanol–water partition coefficient (Wildman–Crippen LogP) is -0.663. The van der Waals surface area contributed by atoms with E-state index in [0.29, 0.717) is 5.82 Å². The highest BCUT2D eigenvalue weighted by Gasteiger charge is 2.08. The van der Waals surface area contributed by atoms with Crippen LogP contribution in [0.3, 0.4) is 0 Å². The molecule has 0 aliphatic rings. The lowest BCUT2D eigenvalue weighted by atomic mass is 10.6. The zero-order chi connectivity index (χ0) is 9.14. The highest BCUT2D eigenvalue weighted by atomic mass is 31.0. The third-order valence-corrected chi connectivity index (χ3v) is 1.93. The number of rotatable bonds is 2. The summed E-state index contributed by atoms with van der Waals surface area (Å²) in [6.07, 6.45) is 1.59. The molecule has 0 aromatic carbocycles. The first-order chi connectivity index (χ1) is 5.65. The van der Waals surface area contributed by atoms with E-state index >= 15 is 0 Å². The van der Waals surface area contributed by atoms with Crippen LogP contribution in [0.15, 0.2) is 6.20 Å². The summed E-state index contributed by atoms with van der Waals surface area (Å²) in [7, 11) is 2.25. The van der Waals surface area contributed by atoms with Crippen molar-refractivity contribution in [1.82, 2.24) is 15.0 Å². The van der Waals surface area contributed by atoms with Gasteiger partial charge in [0, 0.05) is 6.92 Å². The smallest absolute Gasteiger partial charge is 0.227 e. The topological polar surface area (TPSA) is 77.0 Å². The second kappa shape index (κ2) is 3.60. The molecular weight excluding hydrogens is 177 g/mol. The van der Waals surface area contributed by atoms with Crippen molar-refractivity contribution in [3.8, 4) is 0 Å². The Bertz CT molecular complexity index is 285. The fraction of sp³-hybridized carbons (Fsp3) is 0.400. The van der Waals surface area contributed by atoms with Gasteiger partial charge in [0.25, 0.3) is 0 Å². The Labute approximate surface area is 72.0 Å². The van der Waals surface area contributed by atoms with Gasteiger partial charge in [-0.05, 0) is 9.39 Å². The molecule has 1 heterocycles. The fourth-order valence-corrected chi connectivity index (χ4v) is 0.767. The van der Waals surface area contributed by atoms with Crippen LogP contribution in [0.5, 0.6) is 0 Å². The molecule has 0 radical (unpaired) electrons. The normalized spacial score (nSPS) is 9.92. The van der Waals surface area contributed by atoms with Crippen LogP contribution in [-0.4, -0.2) is 20.9 Å². The molecule has 6 nitrogen and oxygen atoms in total. The SMILES string of the molecule is CC(=O)N(P)c1cn(CN)nn1. The molecule has 2 N–H and O–H groups in total. The van der Waals surface area contributed by atoms with Crippen LogP contribution in [0.2, 0.25) is 0 Å². The van der Waals surface area contributed by atoms with E-state index in [0.717, 1.165) is 0 Å². The first-order valence-corrected chi connectivity index (χ1v) is 3.82. The van der Waals surface area contributed by atoms with Gasteiger partial charge in [-0.1, -0.05) is 5.21 Å². The van der Waals surface area contributed by atoms with Gasteiger partial charge >= 0.3 is 0 Å². The third kappa shape index (κ3) is 1.78. The van der Waals surface area contributed by atoms with Gasteiger partial charge in [-0.25, -0.2) is 4.68 Å². The fourth-order valence-electron chi connectivity index (χ4n) is 0.649. The van der Waals surface area contributed by atoms with E-state index < -0.39 is 0 Å². The molecule has 0 spiro atoms. The molecule has 1 amide bonds. The number of aromatic nitrogens is 3. The number of hydrogen-bond acceptors (Lipinski definition) is 4. The average molecular weight is 187 g/mol. The lowest BCUT2D eigenvalue weighted by Gasteiger charge is -2.08. The molecule has 1 aromatic heterocycles. The minimum Gasteiger partial charge on any atom is -0.312 e. The van der Waals surface area contributed by atoms with Crippen LogP contribution >= 0.6 is 9.39 Å². The molecule has 1 atom stereocenters. The minimum absolute atomic E-state index is 0.121. The van der Waals surface area contributed by atoms with Crippen molar-refractivity contribution in [2.75, 3.05) is 4.67 Å². The van der Waals surface area contributed by atoms with Crippen molar-refractivity contribution < 1.29 is 4.79 Å². The van der Waals surface area contributed by atoms with E-state index in [9.17, 15) is 4.79 Å². The van der Waals surface area contributed by atoms with Crippen molar-refractivity contribution in [1.29, 1.82) is 0 Å². The zero-order valence-corrected chi connectivity index (χ0v) is 7.79. The highest BCUT2D eigenvalue weighted by Crippen LogP contribution is 2.12. The molecule has 0 saturated heterocycles. The molecule has 0 fully saturated rings. The van der Waals surface area contributed by atoms with Crippen molar-refractivity contribution in [3.63, 3.8) is 0 Å². The maximum atomic E-state index is 10.8. The number of carbonyl (C=O) groups excluding carboxylic acids is 1. The summed E-state index contributed by atoms with van der Waals surface area (Å²) in [6, 6.07) is 0. The number of hydrogen-bond donors (Lipinski definition) is 1. The summed E-state index contributed by atoms with van der Waals surface area (Å²) in [5.74, 6) is 0.349. The van der Waals surface area contributed by atoms with Crippen LogP contribution in [-0.2, 0) is 11.5 Å². The Morgan fingerprint density at radius 3 is 3.00 bits per heavy atom. The van der Waals surface area contributed by atoms with E-state index in [1.165, 1.54) is 16.3 Å². The Balaban J connectivity index is 2.81. The summed E-state index contributed by atoms with van der Waals surface area (Å²) >= 11 is 0. The zero-order valence-electron chi connectivity index (χ0n) is 6.64. The Kier molecular flexibility index (Phi) is 2.73. The van der Waals surface area contributed by atoms with Crippen molar-refractivity contribution in [2.45, 2.75) is 13.6 Å².